The predicted octanol–water partition coefficient (Wildman–Crippen LogP) is 5.92. The van der Waals surface area contributed by atoms with Gasteiger partial charge < -0.3 is 9.84 Å². The second-order valence-corrected chi connectivity index (χ2v) is 10.5. The summed E-state index contributed by atoms with van der Waals surface area (Å²) in [6, 6.07) is 8.22. The molecule has 3 aliphatic rings. The van der Waals surface area contributed by atoms with Crippen LogP contribution in [0, 0.1) is 5.92 Å². The lowest BCUT2D eigenvalue weighted by Crippen LogP contribution is -2.31. The molecular weight excluding hydrogens is 422 g/mol. The second-order valence-electron chi connectivity index (χ2n) is 10.5. The van der Waals surface area contributed by atoms with E-state index in [0.29, 0.717) is 5.92 Å². The molecule has 1 saturated carbocycles. The van der Waals surface area contributed by atoms with Crippen LogP contribution in [0.15, 0.2) is 49.0 Å². The topological polar surface area (TPSA) is 58.5 Å². The molecule has 1 N–H and O–H groups in total. The quantitative estimate of drug-likeness (QED) is 0.351. The van der Waals surface area contributed by atoms with E-state index in [1.807, 2.05) is 18.5 Å². The van der Waals surface area contributed by atoms with Crippen LogP contribution < -0.4 is 0 Å². The van der Waals surface area contributed by atoms with E-state index in [2.05, 4.69) is 34.7 Å². The van der Waals surface area contributed by atoms with E-state index in [9.17, 15) is 5.11 Å². The number of unbranched alkanes of at least 4 members (excludes halogenated alkanes) is 1. The van der Waals surface area contributed by atoms with Crippen LogP contribution in [-0.4, -0.2) is 45.8 Å². The van der Waals surface area contributed by atoms with Gasteiger partial charge in [0.1, 0.15) is 5.76 Å². The van der Waals surface area contributed by atoms with Crippen LogP contribution in [0.3, 0.4) is 0 Å². The molecule has 0 bridgehead atoms. The van der Waals surface area contributed by atoms with Crippen molar-refractivity contribution in [2.45, 2.75) is 82.3 Å². The van der Waals surface area contributed by atoms with E-state index in [1.54, 1.807) is 0 Å². The lowest BCUT2D eigenvalue weighted by Gasteiger charge is -2.32. The Bertz CT molecular complexity index is 973. The maximum absolute atomic E-state index is 10.5. The summed E-state index contributed by atoms with van der Waals surface area (Å²) in [7, 11) is 0. The fourth-order valence-electron chi connectivity index (χ4n) is 6.04. The molecule has 5 heteroatoms. The second kappa shape index (κ2) is 11.0. The van der Waals surface area contributed by atoms with E-state index < -0.39 is 0 Å². The number of fused-ring (bicyclic) bond motifs is 1. The fraction of sp³-hybridized carbons (Fsp3) is 0.586. The van der Waals surface area contributed by atoms with Gasteiger partial charge in [0.25, 0.3) is 0 Å². The molecule has 1 saturated heterocycles. The molecule has 34 heavy (non-hydrogen) atoms. The Morgan fingerprint density at radius 2 is 1.97 bits per heavy atom. The summed E-state index contributed by atoms with van der Waals surface area (Å²) >= 11 is 0. The Labute approximate surface area is 204 Å². The SMILES string of the molecule is C=C(O)[C@H](c1cccnc1C1CCC1)N1CC[C@@H](OCCCC[C@@H]2CCc3cccnc3C2)C1. The first-order chi connectivity index (χ1) is 16.7. The molecule has 0 spiro atoms. The summed E-state index contributed by atoms with van der Waals surface area (Å²) in [6.45, 7) is 6.52. The smallest absolute Gasteiger partial charge is 0.107 e. The van der Waals surface area contributed by atoms with Crippen LogP contribution in [0.25, 0.3) is 0 Å². The number of ether oxygens (including phenoxy) is 1. The molecule has 5 nitrogen and oxygen atoms in total. The molecule has 5 rings (SSSR count). The van der Waals surface area contributed by atoms with Gasteiger partial charge in [-0.25, -0.2) is 0 Å². The van der Waals surface area contributed by atoms with Gasteiger partial charge >= 0.3 is 0 Å². The highest BCUT2D eigenvalue weighted by atomic mass is 16.5. The van der Waals surface area contributed by atoms with E-state index in [4.69, 9.17) is 9.72 Å². The van der Waals surface area contributed by atoms with Crippen molar-refractivity contribution in [3.05, 3.63) is 71.5 Å². The molecule has 3 atom stereocenters. The van der Waals surface area contributed by atoms with Gasteiger partial charge in [-0.2, -0.15) is 0 Å². The van der Waals surface area contributed by atoms with Gasteiger partial charge in [0.05, 0.1) is 12.1 Å². The van der Waals surface area contributed by atoms with Crippen molar-refractivity contribution in [2.75, 3.05) is 19.7 Å². The average molecular weight is 462 g/mol. The van der Waals surface area contributed by atoms with Crippen molar-refractivity contribution in [2.24, 2.45) is 5.92 Å². The van der Waals surface area contributed by atoms with Crippen LogP contribution in [-0.2, 0) is 17.6 Å². The maximum atomic E-state index is 10.5. The summed E-state index contributed by atoms with van der Waals surface area (Å²) in [4.78, 5) is 11.6. The third-order valence-electron chi connectivity index (χ3n) is 8.16. The van der Waals surface area contributed by atoms with Crippen LogP contribution in [0.4, 0.5) is 0 Å². The molecule has 182 valence electrons. The number of aryl methyl sites for hydroxylation is 1. The summed E-state index contributed by atoms with van der Waals surface area (Å²) in [5.74, 6) is 1.52. The van der Waals surface area contributed by atoms with Gasteiger partial charge in [0, 0.05) is 49.4 Å². The zero-order valence-corrected chi connectivity index (χ0v) is 20.4. The average Bonchev–Trinajstić information content (AvgIpc) is 3.27. The number of aromatic nitrogens is 2. The fourth-order valence-corrected chi connectivity index (χ4v) is 6.04. The molecule has 0 amide bonds. The lowest BCUT2D eigenvalue weighted by atomic mass is 9.79. The van der Waals surface area contributed by atoms with Crippen molar-refractivity contribution in [3.8, 4) is 0 Å². The molecule has 1 aliphatic heterocycles. The predicted molar refractivity (Wildman–Crippen MR) is 135 cm³/mol. The van der Waals surface area contributed by atoms with Crippen LogP contribution in [0.5, 0.6) is 0 Å². The monoisotopic (exact) mass is 461 g/mol. The zero-order valence-electron chi connectivity index (χ0n) is 20.4. The third kappa shape index (κ3) is 5.36. The van der Waals surface area contributed by atoms with Gasteiger partial charge in [-0.3, -0.25) is 14.9 Å². The zero-order chi connectivity index (χ0) is 23.3. The Morgan fingerprint density at radius 3 is 2.79 bits per heavy atom. The molecule has 0 aromatic carbocycles. The largest absolute Gasteiger partial charge is 0.511 e. The number of hydrogen-bond donors (Lipinski definition) is 1. The van der Waals surface area contributed by atoms with Crippen molar-refractivity contribution < 1.29 is 9.84 Å². The Hall–Kier alpha value is -2.24. The Morgan fingerprint density at radius 1 is 1.12 bits per heavy atom. The van der Waals surface area contributed by atoms with Crippen LogP contribution in [0.2, 0.25) is 0 Å². The number of pyridine rings is 2. The van der Waals surface area contributed by atoms with Gasteiger partial charge in [-0.15, -0.1) is 0 Å². The van der Waals surface area contributed by atoms with Gasteiger partial charge in [0.15, 0.2) is 0 Å². The van der Waals surface area contributed by atoms with E-state index in [-0.39, 0.29) is 17.9 Å². The molecule has 2 aliphatic carbocycles. The highest BCUT2D eigenvalue weighted by molar-refractivity contribution is 5.32. The summed E-state index contributed by atoms with van der Waals surface area (Å²) in [6.07, 6.45) is 15.9. The van der Waals surface area contributed by atoms with Gasteiger partial charge in [0.2, 0.25) is 0 Å². The van der Waals surface area contributed by atoms with Crippen LogP contribution >= 0.6 is 0 Å². The number of likely N-dealkylation sites (tertiary alicyclic amines) is 1. The number of hydrogen-bond acceptors (Lipinski definition) is 5. The van der Waals surface area contributed by atoms with E-state index >= 15 is 0 Å². The molecule has 3 heterocycles. The highest BCUT2D eigenvalue weighted by Crippen LogP contribution is 2.41. The normalized spacial score (nSPS) is 23.9. The van der Waals surface area contributed by atoms with Crippen molar-refractivity contribution in [1.82, 2.24) is 14.9 Å². The molecular formula is C29H39N3O2. The Kier molecular flexibility index (Phi) is 7.60. The van der Waals surface area contributed by atoms with Crippen molar-refractivity contribution >= 4 is 0 Å². The molecule has 2 fully saturated rings. The van der Waals surface area contributed by atoms with Crippen molar-refractivity contribution in [3.63, 3.8) is 0 Å². The number of rotatable bonds is 10. The summed E-state index contributed by atoms with van der Waals surface area (Å²) in [5, 5.41) is 10.5. The Balaban J connectivity index is 1.07. The first-order valence-electron chi connectivity index (χ1n) is 13.3. The van der Waals surface area contributed by atoms with Gasteiger partial charge in [-0.05, 0) is 80.5 Å². The third-order valence-corrected chi connectivity index (χ3v) is 8.16. The first kappa shape index (κ1) is 23.5. The minimum Gasteiger partial charge on any atom is -0.511 e. The van der Waals surface area contributed by atoms with Gasteiger partial charge in [-0.1, -0.05) is 31.6 Å². The minimum atomic E-state index is -0.180. The molecule has 2 aromatic heterocycles. The molecule has 0 radical (unpaired) electrons. The number of aliphatic hydroxyl groups is 1. The summed E-state index contributed by atoms with van der Waals surface area (Å²) in [5.41, 5.74) is 5.04. The number of nitrogens with zero attached hydrogens (tertiary/aromatic N) is 3. The first-order valence-corrected chi connectivity index (χ1v) is 13.3. The van der Waals surface area contributed by atoms with E-state index in [0.717, 1.165) is 56.1 Å². The lowest BCUT2D eigenvalue weighted by molar-refractivity contribution is 0.0515. The maximum Gasteiger partial charge on any atom is 0.107 e. The minimum absolute atomic E-state index is 0.180. The van der Waals surface area contributed by atoms with E-state index in [1.165, 1.54) is 56.2 Å². The highest BCUT2D eigenvalue weighted by Gasteiger charge is 2.35. The molecule has 2 aromatic rings. The standard InChI is InChI=1S/C29H39N3O2/c1-21(33)29(26-11-6-16-31-28(26)24-8-4-9-24)32-17-14-25(20-32)34-18-3-2-7-22-12-13-23-10-5-15-30-27(23)19-22/h5-6,10-11,15-16,22,24-25,29,33H,1-4,7-9,12-14,17-20H2/t22-,25-,29-/m1/s1. The van der Waals surface area contributed by atoms with Crippen molar-refractivity contribution in [1.29, 1.82) is 0 Å². The summed E-state index contributed by atoms with van der Waals surface area (Å²) < 4.78 is 6.27. The number of aliphatic hydroxyl groups excluding tert-OH is 1. The molecule has 0 unspecified atom stereocenters. The van der Waals surface area contributed by atoms with Crippen LogP contribution in [0.1, 0.15) is 85.8 Å².